The highest BCUT2D eigenvalue weighted by Gasteiger charge is 2.26. The summed E-state index contributed by atoms with van der Waals surface area (Å²) in [6.07, 6.45) is 3.17. The number of hydrogen-bond acceptors (Lipinski definition) is 4. The number of pyridine rings is 1. The van der Waals surface area contributed by atoms with E-state index in [9.17, 15) is 4.79 Å². The third-order valence-corrected chi connectivity index (χ3v) is 5.24. The van der Waals surface area contributed by atoms with Gasteiger partial charge in [-0.15, -0.1) is 0 Å². The van der Waals surface area contributed by atoms with Gasteiger partial charge in [-0.3, -0.25) is 4.79 Å². The number of nitrogens with zero attached hydrogens (tertiary/aromatic N) is 3. The van der Waals surface area contributed by atoms with Gasteiger partial charge in [-0.1, -0.05) is 35.5 Å². The van der Waals surface area contributed by atoms with Gasteiger partial charge in [-0.2, -0.15) is 0 Å². The third-order valence-electron chi connectivity index (χ3n) is 5.24. The minimum Gasteiger partial charge on any atom is -0.339 e. The summed E-state index contributed by atoms with van der Waals surface area (Å²) in [7, 11) is 0. The Morgan fingerprint density at radius 1 is 1.19 bits per heavy atom. The number of piperidine rings is 1. The van der Waals surface area contributed by atoms with Crippen LogP contribution in [-0.4, -0.2) is 34.0 Å². The van der Waals surface area contributed by atoms with Crippen LogP contribution in [0.2, 0.25) is 0 Å². The lowest BCUT2D eigenvalue weighted by atomic mass is 9.90. The average Bonchev–Trinajstić information content (AvgIpc) is 3.03. The number of fused-ring (bicyclic) bond motifs is 1. The van der Waals surface area contributed by atoms with Gasteiger partial charge in [0, 0.05) is 18.8 Å². The fraction of sp³-hybridized carbons (Fsp3) is 0.381. The molecule has 5 nitrogen and oxygen atoms in total. The van der Waals surface area contributed by atoms with Crippen LogP contribution in [0.15, 0.2) is 40.9 Å². The van der Waals surface area contributed by atoms with Crippen LogP contribution in [0.4, 0.5) is 0 Å². The molecule has 5 heteroatoms. The lowest BCUT2D eigenvalue weighted by molar-refractivity contribution is 0.0692. The minimum absolute atomic E-state index is 0.0601. The second kappa shape index (κ2) is 6.90. The highest BCUT2D eigenvalue weighted by atomic mass is 16.5. The summed E-state index contributed by atoms with van der Waals surface area (Å²) in [5.74, 6) is 0.697. The largest absolute Gasteiger partial charge is 0.339 e. The predicted octanol–water partition coefficient (Wildman–Crippen LogP) is 3.93. The zero-order valence-electron chi connectivity index (χ0n) is 15.2. The molecule has 0 atom stereocenters. The Balaban J connectivity index is 1.48. The van der Waals surface area contributed by atoms with E-state index < -0.39 is 0 Å². The number of benzene rings is 1. The molecule has 0 spiro atoms. The van der Waals surface area contributed by atoms with Crippen LogP contribution in [0.5, 0.6) is 0 Å². The van der Waals surface area contributed by atoms with Crippen LogP contribution in [0.3, 0.4) is 0 Å². The molecule has 134 valence electrons. The molecule has 1 fully saturated rings. The Bertz CT molecular complexity index is 925. The topological polar surface area (TPSA) is 59.2 Å². The number of carbonyl (C=O) groups is 1. The normalized spacial score (nSPS) is 15.5. The minimum atomic E-state index is 0.0601. The molecule has 1 aromatic carbocycles. The van der Waals surface area contributed by atoms with E-state index in [1.807, 2.05) is 24.8 Å². The van der Waals surface area contributed by atoms with Gasteiger partial charge in [0.25, 0.3) is 11.6 Å². The molecule has 4 rings (SSSR count). The maximum Gasteiger partial charge on any atom is 0.258 e. The number of hydrogen-bond donors (Lipinski definition) is 0. The second-order valence-corrected chi connectivity index (χ2v) is 7.18. The molecule has 0 radical (unpaired) electrons. The van der Waals surface area contributed by atoms with Gasteiger partial charge in [0.1, 0.15) is 0 Å². The first-order valence-corrected chi connectivity index (χ1v) is 9.18. The van der Waals surface area contributed by atoms with Crippen molar-refractivity contribution >= 4 is 17.0 Å². The van der Waals surface area contributed by atoms with E-state index in [0.29, 0.717) is 17.2 Å². The molecule has 0 unspecified atom stereocenters. The molecule has 0 aliphatic carbocycles. The summed E-state index contributed by atoms with van der Waals surface area (Å²) < 4.78 is 5.26. The average molecular weight is 349 g/mol. The summed E-state index contributed by atoms with van der Waals surface area (Å²) in [4.78, 5) is 19.4. The molecule has 0 bridgehead atoms. The maximum absolute atomic E-state index is 13.1. The van der Waals surface area contributed by atoms with Gasteiger partial charge in [0.2, 0.25) is 0 Å². The number of rotatable bonds is 3. The quantitative estimate of drug-likeness (QED) is 0.719. The summed E-state index contributed by atoms with van der Waals surface area (Å²) in [6.45, 7) is 5.32. The predicted molar refractivity (Wildman–Crippen MR) is 100 cm³/mol. The highest BCUT2D eigenvalue weighted by molar-refractivity contribution is 6.06. The van der Waals surface area contributed by atoms with Gasteiger partial charge < -0.3 is 9.42 Å². The van der Waals surface area contributed by atoms with E-state index in [1.54, 1.807) is 0 Å². The first-order chi connectivity index (χ1) is 12.6. The summed E-state index contributed by atoms with van der Waals surface area (Å²) in [5.41, 5.74) is 3.98. The Labute approximate surface area is 153 Å². The van der Waals surface area contributed by atoms with E-state index in [2.05, 4.69) is 40.5 Å². The SMILES string of the molecule is Cc1cc(C(=O)N2CCC(Cc3ccccc3)CC2)c2c(C)noc2n1. The van der Waals surface area contributed by atoms with Crippen LogP contribution < -0.4 is 0 Å². The van der Waals surface area contributed by atoms with Gasteiger partial charge in [-0.05, 0) is 50.7 Å². The van der Waals surface area contributed by atoms with Crippen molar-refractivity contribution in [3.63, 3.8) is 0 Å². The number of amides is 1. The summed E-state index contributed by atoms with van der Waals surface area (Å²) in [6, 6.07) is 12.4. The van der Waals surface area contributed by atoms with Crippen molar-refractivity contribution in [3.05, 3.63) is 58.9 Å². The monoisotopic (exact) mass is 349 g/mol. The Morgan fingerprint density at radius 2 is 1.92 bits per heavy atom. The van der Waals surface area contributed by atoms with Gasteiger partial charge in [0.05, 0.1) is 16.6 Å². The molecule has 3 aromatic rings. The van der Waals surface area contributed by atoms with Crippen molar-refractivity contribution in [2.24, 2.45) is 5.92 Å². The number of carbonyl (C=O) groups excluding carboxylic acids is 1. The molecule has 1 aliphatic rings. The van der Waals surface area contributed by atoms with E-state index in [4.69, 9.17) is 4.52 Å². The third kappa shape index (κ3) is 3.21. The van der Waals surface area contributed by atoms with Crippen molar-refractivity contribution in [2.75, 3.05) is 13.1 Å². The van der Waals surface area contributed by atoms with E-state index in [0.717, 1.165) is 49.1 Å². The zero-order chi connectivity index (χ0) is 18.1. The molecular weight excluding hydrogens is 326 g/mol. The first-order valence-electron chi connectivity index (χ1n) is 9.18. The zero-order valence-corrected chi connectivity index (χ0v) is 15.2. The van der Waals surface area contributed by atoms with Crippen molar-refractivity contribution in [1.29, 1.82) is 0 Å². The number of likely N-dealkylation sites (tertiary alicyclic amines) is 1. The van der Waals surface area contributed by atoms with Crippen LogP contribution >= 0.6 is 0 Å². The standard InChI is InChI=1S/C21H23N3O2/c1-14-12-18(19-15(2)23-26-20(19)22-14)21(25)24-10-8-17(9-11-24)13-16-6-4-3-5-7-16/h3-7,12,17H,8-11,13H2,1-2H3. The van der Waals surface area contributed by atoms with Crippen molar-refractivity contribution < 1.29 is 9.32 Å². The molecule has 26 heavy (non-hydrogen) atoms. The van der Waals surface area contributed by atoms with Crippen LogP contribution in [0.25, 0.3) is 11.1 Å². The lowest BCUT2D eigenvalue weighted by Gasteiger charge is -2.32. The number of aryl methyl sites for hydroxylation is 2. The Morgan fingerprint density at radius 3 is 2.65 bits per heavy atom. The molecule has 1 aliphatic heterocycles. The molecule has 0 saturated carbocycles. The van der Waals surface area contributed by atoms with Gasteiger partial charge in [-0.25, -0.2) is 4.98 Å². The summed E-state index contributed by atoms with van der Waals surface area (Å²) in [5, 5.41) is 4.72. The van der Waals surface area contributed by atoms with Gasteiger partial charge >= 0.3 is 0 Å². The molecule has 1 amide bonds. The highest BCUT2D eigenvalue weighted by Crippen LogP contribution is 2.26. The smallest absolute Gasteiger partial charge is 0.258 e. The molecule has 3 heterocycles. The molecular formula is C21H23N3O2. The number of aromatic nitrogens is 2. The van der Waals surface area contributed by atoms with Crippen LogP contribution in [0.1, 0.15) is 40.2 Å². The molecule has 0 N–H and O–H groups in total. The van der Waals surface area contributed by atoms with Crippen LogP contribution in [0, 0.1) is 19.8 Å². The maximum atomic E-state index is 13.1. The fourth-order valence-corrected chi connectivity index (χ4v) is 3.84. The second-order valence-electron chi connectivity index (χ2n) is 7.18. The fourth-order valence-electron chi connectivity index (χ4n) is 3.84. The lowest BCUT2D eigenvalue weighted by Crippen LogP contribution is -2.39. The molecule has 2 aromatic heterocycles. The first kappa shape index (κ1) is 16.8. The van der Waals surface area contributed by atoms with E-state index >= 15 is 0 Å². The summed E-state index contributed by atoms with van der Waals surface area (Å²) >= 11 is 0. The van der Waals surface area contributed by atoms with Gasteiger partial charge in [0.15, 0.2) is 0 Å². The van der Waals surface area contributed by atoms with Crippen molar-refractivity contribution in [3.8, 4) is 0 Å². The van der Waals surface area contributed by atoms with Crippen molar-refractivity contribution in [2.45, 2.75) is 33.1 Å². The van der Waals surface area contributed by atoms with Crippen molar-refractivity contribution in [1.82, 2.24) is 15.0 Å². The Hall–Kier alpha value is -2.69. The molecule has 1 saturated heterocycles. The van der Waals surface area contributed by atoms with Crippen LogP contribution in [-0.2, 0) is 6.42 Å². The van der Waals surface area contributed by atoms with E-state index in [1.165, 1.54) is 5.56 Å². The van der Waals surface area contributed by atoms with E-state index in [-0.39, 0.29) is 5.91 Å². The Kier molecular flexibility index (Phi) is 4.45.